The normalized spacial score (nSPS) is 12.8. The molecule has 13 rings (SSSR count). The second-order valence-electron chi connectivity index (χ2n) is 14.0. The molecule has 0 bridgehead atoms. The van der Waals surface area contributed by atoms with Crippen molar-refractivity contribution < 1.29 is 0 Å². The minimum absolute atomic E-state index is 1.26. The highest BCUT2D eigenvalue weighted by Gasteiger charge is 2.28. The van der Waals surface area contributed by atoms with E-state index in [1.54, 1.807) is 0 Å². The van der Waals surface area contributed by atoms with Gasteiger partial charge >= 0.3 is 0 Å². The Kier molecular flexibility index (Phi) is 4.41. The molecule has 12 aromatic rings. The van der Waals surface area contributed by atoms with Crippen LogP contribution in [0.5, 0.6) is 0 Å². The number of para-hydroxylation sites is 3. The molecule has 0 radical (unpaired) electrons. The summed E-state index contributed by atoms with van der Waals surface area (Å²) in [6.45, 7) is 0. The van der Waals surface area contributed by atoms with Crippen LogP contribution in [-0.2, 0) is 0 Å². The lowest BCUT2D eigenvalue weighted by Gasteiger charge is -2.23. The highest BCUT2D eigenvalue weighted by atomic mass is 14.9. The quantitative estimate of drug-likeness (QED) is 0.158. The molecule has 50 heavy (non-hydrogen) atoms. The monoisotopic (exact) mass is 630 g/mol. The number of rotatable bonds is 0. The summed E-state index contributed by atoms with van der Waals surface area (Å²) < 4.78 is 5.09. The predicted molar refractivity (Wildman–Crippen MR) is 211 cm³/mol. The topological polar surface area (TPSA) is 8.82 Å². The summed E-state index contributed by atoms with van der Waals surface area (Å²) >= 11 is 0. The number of hydrogen-bond donors (Lipinski definition) is 0. The van der Waals surface area contributed by atoms with Crippen molar-refractivity contribution in [1.82, 2.24) is 8.80 Å². The number of hydrogen-bond acceptors (Lipinski definition) is 0. The average Bonchev–Trinajstić information content (AvgIpc) is 3.90. The van der Waals surface area contributed by atoms with Gasteiger partial charge in [-0.05, 0) is 74.8 Å². The van der Waals surface area contributed by atoms with Crippen LogP contribution in [-0.4, -0.2) is 8.80 Å². The van der Waals surface area contributed by atoms with E-state index in [9.17, 15) is 0 Å². The Morgan fingerprint density at radius 2 is 0.700 bits per heavy atom. The minimum Gasteiger partial charge on any atom is -0.308 e. The van der Waals surface area contributed by atoms with Crippen LogP contribution in [0, 0.1) is 0 Å². The fraction of sp³-hybridized carbons (Fsp3) is 0. The first-order chi connectivity index (χ1) is 24.8. The molecule has 0 amide bonds. The lowest BCUT2D eigenvalue weighted by Crippen LogP contribution is -1.97. The maximum Gasteiger partial charge on any atom is 0.0628 e. The molecule has 0 unspecified atom stereocenters. The van der Waals surface area contributed by atoms with E-state index in [2.05, 4.69) is 167 Å². The summed E-state index contributed by atoms with van der Waals surface area (Å²) in [6.07, 6.45) is 0. The van der Waals surface area contributed by atoms with Gasteiger partial charge in [0.25, 0.3) is 0 Å². The second-order valence-corrected chi connectivity index (χ2v) is 14.0. The van der Waals surface area contributed by atoms with Gasteiger partial charge in [-0.2, -0.15) is 0 Å². The molecule has 4 aromatic heterocycles. The fourth-order valence-corrected chi connectivity index (χ4v) is 9.82. The Labute approximate surface area is 286 Å². The Morgan fingerprint density at radius 3 is 1.32 bits per heavy atom. The van der Waals surface area contributed by atoms with Crippen LogP contribution in [0.1, 0.15) is 0 Å². The summed E-state index contributed by atoms with van der Waals surface area (Å²) in [5, 5.41) is 10.6. The molecule has 1 aliphatic carbocycles. The van der Waals surface area contributed by atoms with Gasteiger partial charge in [0.2, 0.25) is 0 Å². The van der Waals surface area contributed by atoms with Gasteiger partial charge in [-0.3, -0.25) is 0 Å². The van der Waals surface area contributed by atoms with Gasteiger partial charge in [0.15, 0.2) is 0 Å². The van der Waals surface area contributed by atoms with Crippen molar-refractivity contribution >= 4 is 76.2 Å². The molecule has 2 heteroatoms. The maximum atomic E-state index is 2.56. The van der Waals surface area contributed by atoms with E-state index >= 15 is 0 Å². The average molecular weight is 631 g/mol. The van der Waals surface area contributed by atoms with Gasteiger partial charge in [-0.15, -0.1) is 0 Å². The summed E-state index contributed by atoms with van der Waals surface area (Å²) in [6, 6.07) is 59.1. The van der Waals surface area contributed by atoms with Crippen molar-refractivity contribution in [2.24, 2.45) is 0 Å². The van der Waals surface area contributed by atoms with E-state index in [1.807, 2.05) is 0 Å². The number of benzene rings is 8. The molecule has 0 saturated carbocycles. The molecule has 4 heterocycles. The standard InChI is InChI=1S/C48H26N2/c1-2-13-28-27(12-1)29-14-3-5-16-31(29)37-24-40-43(25-38(37)32-17-6-4-15-30(28)32)49-42-23-10-8-19-34(42)39-26-44-45(46(40)48(39)49)36-21-11-20-35-33-18-7-9-22-41(33)50(44)47(35)36/h1-26H. The molecule has 0 fully saturated rings. The maximum absolute atomic E-state index is 2.56. The lowest BCUT2D eigenvalue weighted by molar-refractivity contribution is 1.36. The zero-order valence-corrected chi connectivity index (χ0v) is 26.9. The Bertz CT molecular complexity index is 3430. The van der Waals surface area contributed by atoms with Gasteiger partial charge in [0.1, 0.15) is 0 Å². The van der Waals surface area contributed by atoms with E-state index in [4.69, 9.17) is 0 Å². The van der Waals surface area contributed by atoms with E-state index in [0.717, 1.165) is 0 Å². The summed E-state index contributed by atoms with van der Waals surface area (Å²) in [7, 11) is 0. The molecule has 1 aliphatic rings. The number of nitrogens with zero attached hydrogens (tertiary/aromatic N) is 2. The molecule has 2 nitrogen and oxygen atoms in total. The SMILES string of the molecule is c1ccc2c(c1)-c1ccccc1-c1cc3c4c5c6cccc7c8ccccc8n(c5cc5c8ccccc8n(c3cc1-c1ccccc1-2)c54)c76. The van der Waals surface area contributed by atoms with E-state index in [0.29, 0.717) is 0 Å². The first-order valence-electron chi connectivity index (χ1n) is 17.5. The Morgan fingerprint density at radius 1 is 0.240 bits per heavy atom. The molecule has 0 aliphatic heterocycles. The van der Waals surface area contributed by atoms with Gasteiger partial charge in [-0.1, -0.05) is 127 Å². The smallest absolute Gasteiger partial charge is 0.0628 e. The fourth-order valence-electron chi connectivity index (χ4n) is 9.82. The Hall–Kier alpha value is -6.64. The molecular formula is C48H26N2. The summed E-state index contributed by atoms with van der Waals surface area (Å²) in [4.78, 5) is 0. The third kappa shape index (κ3) is 2.83. The number of aromatic nitrogens is 2. The molecule has 228 valence electrons. The van der Waals surface area contributed by atoms with E-state index < -0.39 is 0 Å². The zero-order valence-electron chi connectivity index (χ0n) is 26.9. The van der Waals surface area contributed by atoms with Crippen LogP contribution in [0.25, 0.3) is 121 Å². The largest absolute Gasteiger partial charge is 0.308 e. The molecule has 8 aromatic carbocycles. The van der Waals surface area contributed by atoms with Gasteiger partial charge < -0.3 is 8.80 Å². The van der Waals surface area contributed by atoms with Crippen LogP contribution in [0.15, 0.2) is 158 Å². The van der Waals surface area contributed by atoms with Gasteiger partial charge in [-0.25, -0.2) is 0 Å². The van der Waals surface area contributed by atoms with Crippen molar-refractivity contribution in [2.75, 3.05) is 0 Å². The highest BCUT2D eigenvalue weighted by Crippen LogP contribution is 2.52. The van der Waals surface area contributed by atoms with Crippen LogP contribution in [0.4, 0.5) is 0 Å². The van der Waals surface area contributed by atoms with Gasteiger partial charge in [0.05, 0.1) is 33.1 Å². The summed E-state index contributed by atoms with van der Waals surface area (Å²) in [5.41, 5.74) is 17.9. The summed E-state index contributed by atoms with van der Waals surface area (Å²) in [5.74, 6) is 0. The third-order valence-corrected chi connectivity index (χ3v) is 11.7. The molecule has 0 atom stereocenters. The number of fused-ring (bicyclic) bond motifs is 21. The van der Waals surface area contributed by atoms with Gasteiger partial charge in [0, 0.05) is 43.1 Å². The predicted octanol–water partition coefficient (Wildman–Crippen LogP) is 13.0. The lowest BCUT2D eigenvalue weighted by atomic mass is 9.80. The molecule has 0 N–H and O–H groups in total. The zero-order chi connectivity index (χ0) is 32.2. The first-order valence-corrected chi connectivity index (χ1v) is 17.5. The van der Waals surface area contributed by atoms with Crippen LogP contribution in [0.2, 0.25) is 0 Å². The minimum atomic E-state index is 1.26. The second kappa shape index (κ2) is 8.68. The van der Waals surface area contributed by atoms with Crippen LogP contribution >= 0.6 is 0 Å². The van der Waals surface area contributed by atoms with Crippen molar-refractivity contribution in [3.05, 3.63) is 158 Å². The van der Waals surface area contributed by atoms with Crippen molar-refractivity contribution in [3.63, 3.8) is 0 Å². The third-order valence-electron chi connectivity index (χ3n) is 11.7. The van der Waals surface area contributed by atoms with Crippen molar-refractivity contribution in [3.8, 4) is 44.5 Å². The van der Waals surface area contributed by atoms with E-state index in [1.165, 1.54) is 121 Å². The molecular weight excluding hydrogens is 605 g/mol. The van der Waals surface area contributed by atoms with Crippen molar-refractivity contribution in [2.45, 2.75) is 0 Å². The van der Waals surface area contributed by atoms with Crippen molar-refractivity contribution in [1.29, 1.82) is 0 Å². The van der Waals surface area contributed by atoms with E-state index in [-0.39, 0.29) is 0 Å². The first kappa shape index (κ1) is 25.4. The van der Waals surface area contributed by atoms with Crippen LogP contribution in [0.3, 0.4) is 0 Å². The van der Waals surface area contributed by atoms with Crippen LogP contribution < -0.4 is 0 Å². The molecule has 0 spiro atoms. The Balaban J connectivity index is 1.31. The highest BCUT2D eigenvalue weighted by molar-refractivity contribution is 6.38. The molecule has 0 saturated heterocycles.